The van der Waals surface area contributed by atoms with Crippen LogP contribution in [0.2, 0.25) is 5.02 Å². The monoisotopic (exact) mass is 733 g/mol. The van der Waals surface area contributed by atoms with Gasteiger partial charge in [-0.25, -0.2) is 4.98 Å². The number of aromatic nitrogens is 2. The van der Waals surface area contributed by atoms with Crippen molar-refractivity contribution < 1.29 is 43.2 Å². The van der Waals surface area contributed by atoms with Gasteiger partial charge in [0.2, 0.25) is 24.1 Å². The van der Waals surface area contributed by atoms with Crippen LogP contribution in [0.25, 0.3) is 11.0 Å². The molecule has 3 aliphatic rings. The van der Waals surface area contributed by atoms with Gasteiger partial charge in [0.15, 0.2) is 28.8 Å². The molecule has 51 heavy (non-hydrogen) atoms. The first-order valence-corrected chi connectivity index (χ1v) is 18.2. The van der Waals surface area contributed by atoms with Crippen molar-refractivity contribution in [2.75, 3.05) is 33.0 Å². The van der Waals surface area contributed by atoms with E-state index < -0.39 is 46.7 Å². The Kier molecular flexibility index (Phi) is 9.27. The quantitative estimate of drug-likeness (QED) is 0.155. The molecule has 3 N–H and O–H groups in total. The van der Waals surface area contributed by atoms with Gasteiger partial charge in [0, 0.05) is 36.3 Å². The van der Waals surface area contributed by atoms with E-state index in [1.54, 1.807) is 36.9 Å². The number of thioether (sulfide) groups is 1. The van der Waals surface area contributed by atoms with Gasteiger partial charge in [-0.15, -0.1) is 0 Å². The number of benzene rings is 3. The molecule has 0 saturated heterocycles. The standard InChI is InChI=1S/C37H36ClN3O9S/c1-18-13-24(42)30(34(44)37(18)35(45)31-27(46-2)16-28(47-3)32(38)33(31)50-37)20(19-9-10-25-26(14-19)49-17-48-25)15-29(43)39-23(11-12-51-4)36-40-21-7-5-6-8-22(21)41-36/h5-10,14,16,18,20,23,44H,11-13,15,17H2,1-4H3,(H,39,43)(H,40,41). The number of para-hydroxylation sites is 2. The average molecular weight is 734 g/mol. The highest BCUT2D eigenvalue weighted by Crippen LogP contribution is 2.56. The van der Waals surface area contributed by atoms with E-state index >= 15 is 0 Å². The van der Waals surface area contributed by atoms with Crippen LogP contribution in [0.3, 0.4) is 0 Å². The molecule has 1 aliphatic carbocycles. The number of aliphatic hydroxyl groups excluding tert-OH is 1. The Labute approximate surface area is 302 Å². The van der Waals surface area contributed by atoms with Crippen molar-refractivity contribution in [1.29, 1.82) is 0 Å². The van der Waals surface area contributed by atoms with Gasteiger partial charge in [-0.1, -0.05) is 36.7 Å². The van der Waals surface area contributed by atoms with Crippen LogP contribution >= 0.6 is 23.4 Å². The molecule has 7 rings (SSSR count). The number of carbonyl (C=O) groups excluding carboxylic acids is 3. The van der Waals surface area contributed by atoms with Crippen LogP contribution in [0, 0.1) is 5.92 Å². The molecule has 4 unspecified atom stereocenters. The molecule has 0 radical (unpaired) electrons. The number of rotatable bonds is 11. The van der Waals surface area contributed by atoms with Gasteiger partial charge in [-0.2, -0.15) is 11.8 Å². The molecule has 266 valence electrons. The number of carbonyl (C=O) groups is 3. The van der Waals surface area contributed by atoms with Gasteiger partial charge < -0.3 is 39.1 Å². The molecule has 4 atom stereocenters. The molecule has 0 bridgehead atoms. The number of allylic oxidation sites excluding steroid dienone is 1. The third-order valence-corrected chi connectivity index (χ3v) is 10.7. The minimum atomic E-state index is -2.02. The summed E-state index contributed by atoms with van der Waals surface area (Å²) in [6, 6.07) is 13.7. The molecule has 4 aromatic rings. The minimum absolute atomic E-state index is 0.0126. The van der Waals surface area contributed by atoms with Crippen LogP contribution in [0.5, 0.6) is 28.7 Å². The van der Waals surface area contributed by atoms with E-state index in [-0.39, 0.29) is 53.0 Å². The normalized spacial score (nSPS) is 20.4. The lowest BCUT2D eigenvalue weighted by Gasteiger charge is -2.38. The van der Waals surface area contributed by atoms with Crippen LogP contribution in [-0.4, -0.2) is 71.2 Å². The fourth-order valence-electron chi connectivity index (χ4n) is 7.14. The number of aromatic amines is 1. The van der Waals surface area contributed by atoms with E-state index in [9.17, 15) is 19.5 Å². The van der Waals surface area contributed by atoms with E-state index in [0.29, 0.717) is 29.3 Å². The topological polar surface area (TPSA) is 158 Å². The maximum Gasteiger partial charge on any atom is 0.231 e. The van der Waals surface area contributed by atoms with Gasteiger partial charge >= 0.3 is 0 Å². The number of H-pyrrole nitrogens is 1. The first-order chi connectivity index (χ1) is 24.6. The molecule has 3 aromatic carbocycles. The molecular weight excluding hydrogens is 698 g/mol. The fourth-order valence-corrected chi connectivity index (χ4v) is 7.88. The van der Waals surface area contributed by atoms with Crippen LogP contribution in [0.4, 0.5) is 0 Å². The SMILES string of the molecule is COc1cc(OC)c2c(c1Cl)OC1(C2=O)C(O)=C(C(CC(=O)NC(CCSC)c2nc3ccccc3[nH]2)c2ccc3c(c2)OCO3)C(=O)CC1C. The van der Waals surface area contributed by atoms with Crippen molar-refractivity contribution in [3.8, 4) is 28.7 Å². The molecule has 2 aliphatic heterocycles. The molecule has 1 spiro atoms. The zero-order valence-electron chi connectivity index (χ0n) is 28.3. The Bertz CT molecular complexity index is 2070. The van der Waals surface area contributed by atoms with E-state index in [1.165, 1.54) is 20.3 Å². The number of hydrogen-bond acceptors (Lipinski definition) is 11. The van der Waals surface area contributed by atoms with Gasteiger partial charge in [-0.05, 0) is 48.3 Å². The first-order valence-electron chi connectivity index (χ1n) is 16.4. The summed E-state index contributed by atoms with van der Waals surface area (Å²) in [5.74, 6) is -1.27. The number of fused-ring (bicyclic) bond motifs is 3. The summed E-state index contributed by atoms with van der Waals surface area (Å²) < 4.78 is 28.4. The van der Waals surface area contributed by atoms with Crippen molar-refractivity contribution in [2.24, 2.45) is 5.92 Å². The van der Waals surface area contributed by atoms with Crippen LogP contribution < -0.4 is 29.0 Å². The minimum Gasteiger partial charge on any atom is -0.507 e. The number of imidazole rings is 1. The molecule has 12 nitrogen and oxygen atoms in total. The highest BCUT2D eigenvalue weighted by molar-refractivity contribution is 7.98. The van der Waals surface area contributed by atoms with Crippen LogP contribution in [0.15, 0.2) is 59.9 Å². The van der Waals surface area contributed by atoms with Gasteiger partial charge in [0.05, 0.1) is 31.3 Å². The fraction of sp³-hybridized carbons (Fsp3) is 0.351. The van der Waals surface area contributed by atoms with E-state index in [4.69, 9.17) is 40.3 Å². The van der Waals surface area contributed by atoms with Crippen LogP contribution in [-0.2, 0) is 9.59 Å². The number of nitrogens with zero attached hydrogens (tertiary/aromatic N) is 1. The summed E-state index contributed by atoms with van der Waals surface area (Å²) in [6.07, 6.45) is 2.15. The van der Waals surface area contributed by atoms with Crippen molar-refractivity contribution in [3.05, 3.63) is 81.8 Å². The maximum atomic E-state index is 14.5. The summed E-state index contributed by atoms with van der Waals surface area (Å²) in [4.78, 5) is 50.7. The first kappa shape index (κ1) is 34.6. The molecular formula is C37H36ClN3O9S. The molecule has 3 heterocycles. The van der Waals surface area contributed by atoms with Gasteiger partial charge in [-0.3, -0.25) is 14.4 Å². The Morgan fingerprint density at radius 2 is 1.90 bits per heavy atom. The summed E-state index contributed by atoms with van der Waals surface area (Å²) in [5, 5.41) is 15.4. The van der Waals surface area contributed by atoms with E-state index in [0.717, 1.165) is 16.8 Å². The van der Waals surface area contributed by atoms with E-state index in [2.05, 4.69) is 10.3 Å². The van der Waals surface area contributed by atoms with Crippen molar-refractivity contribution in [1.82, 2.24) is 15.3 Å². The number of amides is 1. The average Bonchev–Trinajstić information content (AvgIpc) is 3.85. The number of methoxy groups -OCH3 is 2. The zero-order valence-corrected chi connectivity index (χ0v) is 29.9. The second-order valence-electron chi connectivity index (χ2n) is 12.7. The number of hydrogen-bond donors (Lipinski definition) is 3. The Morgan fingerprint density at radius 1 is 1.14 bits per heavy atom. The largest absolute Gasteiger partial charge is 0.507 e. The van der Waals surface area contributed by atoms with E-state index in [1.807, 2.05) is 30.5 Å². The lowest BCUT2D eigenvalue weighted by Crippen LogP contribution is -2.53. The predicted octanol–water partition coefficient (Wildman–Crippen LogP) is 6.48. The number of aliphatic hydroxyl groups is 1. The maximum absolute atomic E-state index is 14.5. The smallest absolute Gasteiger partial charge is 0.231 e. The second kappa shape index (κ2) is 13.7. The third-order valence-electron chi connectivity index (χ3n) is 9.73. The number of halogens is 1. The number of ketones is 2. The third kappa shape index (κ3) is 5.81. The highest BCUT2D eigenvalue weighted by atomic mass is 35.5. The number of ether oxygens (including phenoxy) is 5. The lowest BCUT2D eigenvalue weighted by atomic mass is 9.69. The zero-order chi connectivity index (χ0) is 36.0. The number of nitrogens with one attached hydrogen (secondary N) is 2. The number of Topliss-reactive ketones (excluding diaryl/α,β-unsaturated/α-hetero) is 2. The summed E-state index contributed by atoms with van der Waals surface area (Å²) in [6.45, 7) is 1.66. The van der Waals surface area contributed by atoms with Crippen molar-refractivity contribution in [3.63, 3.8) is 0 Å². The lowest BCUT2D eigenvalue weighted by molar-refractivity contribution is -0.122. The summed E-state index contributed by atoms with van der Waals surface area (Å²) in [5.41, 5.74) is -0.000572. The van der Waals surface area contributed by atoms with Gasteiger partial charge in [0.1, 0.15) is 27.9 Å². The summed E-state index contributed by atoms with van der Waals surface area (Å²) in [7, 11) is 2.81. The molecule has 0 fully saturated rings. The van der Waals surface area contributed by atoms with Crippen molar-refractivity contribution in [2.45, 2.75) is 43.7 Å². The van der Waals surface area contributed by atoms with Crippen LogP contribution in [0.1, 0.15) is 59.9 Å². The molecule has 14 heteroatoms. The predicted molar refractivity (Wildman–Crippen MR) is 191 cm³/mol. The Balaban J connectivity index is 1.31. The Hall–Kier alpha value is -4.88. The summed E-state index contributed by atoms with van der Waals surface area (Å²) >= 11 is 8.28. The van der Waals surface area contributed by atoms with Crippen molar-refractivity contribution >= 4 is 51.9 Å². The van der Waals surface area contributed by atoms with Gasteiger partial charge in [0.25, 0.3) is 0 Å². The molecule has 0 saturated carbocycles. The molecule has 1 amide bonds. The highest BCUT2D eigenvalue weighted by Gasteiger charge is 2.61. The molecule has 1 aromatic heterocycles. The Morgan fingerprint density at radius 3 is 2.65 bits per heavy atom. The second-order valence-corrected chi connectivity index (χ2v) is 14.0.